The third-order valence-electron chi connectivity index (χ3n) is 2.64. The second kappa shape index (κ2) is 6.46. The Labute approximate surface area is 123 Å². The average Bonchev–Trinajstić information content (AvgIpc) is 2.45. The van der Waals surface area contributed by atoms with E-state index in [2.05, 4.69) is 5.32 Å². The Morgan fingerprint density at radius 2 is 1.82 bits per heavy atom. The van der Waals surface area contributed by atoms with E-state index in [9.17, 15) is 22.4 Å². The third kappa shape index (κ3) is 4.47. The van der Waals surface area contributed by atoms with Gasteiger partial charge in [0, 0.05) is 11.8 Å². The molecule has 2 aromatic rings. The predicted molar refractivity (Wildman–Crippen MR) is 72.0 cm³/mol. The summed E-state index contributed by atoms with van der Waals surface area (Å²) in [5, 5.41) is 2.28. The van der Waals surface area contributed by atoms with Gasteiger partial charge in [0.1, 0.15) is 11.6 Å². The van der Waals surface area contributed by atoms with Crippen molar-refractivity contribution in [3.63, 3.8) is 0 Å². The molecule has 0 unspecified atom stereocenters. The monoisotopic (exact) mass is 313 g/mol. The van der Waals surface area contributed by atoms with E-state index in [0.717, 1.165) is 18.2 Å². The van der Waals surface area contributed by atoms with Gasteiger partial charge >= 0.3 is 6.18 Å². The van der Waals surface area contributed by atoms with Crippen molar-refractivity contribution in [3.8, 4) is 5.75 Å². The molecule has 0 atom stereocenters. The minimum Gasteiger partial charge on any atom is -0.484 e. The molecule has 0 aromatic heterocycles. The Bertz CT molecular complexity index is 671. The molecule has 0 heterocycles. The Morgan fingerprint density at radius 3 is 2.50 bits per heavy atom. The fourth-order valence-electron chi connectivity index (χ4n) is 1.68. The minimum atomic E-state index is -4.49. The maximum Gasteiger partial charge on any atom is 0.416 e. The summed E-state index contributed by atoms with van der Waals surface area (Å²) in [6.07, 6.45) is -4.49. The molecule has 0 saturated heterocycles. The van der Waals surface area contributed by atoms with Gasteiger partial charge in [-0.25, -0.2) is 4.39 Å². The molecule has 7 heteroatoms. The van der Waals surface area contributed by atoms with Crippen molar-refractivity contribution in [1.29, 1.82) is 0 Å². The molecular formula is C15H11F4NO2. The summed E-state index contributed by atoms with van der Waals surface area (Å²) in [5.74, 6) is -1.02. The van der Waals surface area contributed by atoms with E-state index in [-0.39, 0.29) is 11.4 Å². The van der Waals surface area contributed by atoms with Gasteiger partial charge in [-0.2, -0.15) is 13.2 Å². The van der Waals surface area contributed by atoms with Gasteiger partial charge in [-0.05, 0) is 30.3 Å². The number of hydrogen-bond donors (Lipinski definition) is 1. The molecule has 3 nitrogen and oxygen atoms in total. The molecule has 2 aromatic carbocycles. The Hall–Kier alpha value is -2.57. The van der Waals surface area contributed by atoms with Crippen molar-refractivity contribution in [3.05, 3.63) is 59.9 Å². The second-order valence-electron chi connectivity index (χ2n) is 4.37. The van der Waals surface area contributed by atoms with Crippen LogP contribution in [-0.2, 0) is 11.0 Å². The van der Waals surface area contributed by atoms with Gasteiger partial charge in [0.15, 0.2) is 6.61 Å². The molecule has 0 aliphatic rings. The lowest BCUT2D eigenvalue weighted by molar-refractivity contribution is -0.137. The van der Waals surface area contributed by atoms with Crippen LogP contribution in [0.1, 0.15) is 5.56 Å². The van der Waals surface area contributed by atoms with Crippen LogP contribution in [0.5, 0.6) is 5.75 Å². The minimum absolute atomic E-state index is 0.00247. The maximum absolute atomic E-state index is 12.9. The number of ether oxygens (including phenoxy) is 1. The first kappa shape index (κ1) is 15.8. The number of nitrogens with one attached hydrogen (secondary N) is 1. The van der Waals surface area contributed by atoms with Crippen molar-refractivity contribution in [1.82, 2.24) is 0 Å². The van der Waals surface area contributed by atoms with Gasteiger partial charge in [-0.1, -0.05) is 12.1 Å². The van der Waals surface area contributed by atoms with Crippen LogP contribution in [0.2, 0.25) is 0 Å². The zero-order valence-corrected chi connectivity index (χ0v) is 11.2. The van der Waals surface area contributed by atoms with Crippen LogP contribution in [0.15, 0.2) is 48.5 Å². The lowest BCUT2D eigenvalue weighted by Crippen LogP contribution is -2.20. The number of amides is 1. The Morgan fingerprint density at radius 1 is 1.09 bits per heavy atom. The molecule has 0 saturated carbocycles. The number of hydrogen-bond acceptors (Lipinski definition) is 2. The van der Waals surface area contributed by atoms with Crippen molar-refractivity contribution in [2.45, 2.75) is 6.18 Å². The van der Waals surface area contributed by atoms with Gasteiger partial charge in [-0.3, -0.25) is 4.79 Å². The Kier molecular flexibility index (Phi) is 4.65. The highest BCUT2D eigenvalue weighted by Gasteiger charge is 2.30. The van der Waals surface area contributed by atoms with E-state index in [0.29, 0.717) is 0 Å². The van der Waals surface area contributed by atoms with Crippen LogP contribution in [0.25, 0.3) is 0 Å². The third-order valence-corrected chi connectivity index (χ3v) is 2.64. The van der Waals surface area contributed by atoms with E-state index in [1.165, 1.54) is 30.3 Å². The molecule has 1 N–H and O–H groups in total. The van der Waals surface area contributed by atoms with Crippen molar-refractivity contribution in [2.75, 3.05) is 11.9 Å². The second-order valence-corrected chi connectivity index (χ2v) is 4.37. The molecule has 0 radical (unpaired) electrons. The number of alkyl halides is 3. The van der Waals surface area contributed by atoms with Gasteiger partial charge in [0.25, 0.3) is 5.91 Å². The summed E-state index contributed by atoms with van der Waals surface area (Å²) in [5.41, 5.74) is -0.862. The first-order chi connectivity index (χ1) is 10.3. The molecule has 1 amide bonds. The number of benzene rings is 2. The normalized spacial score (nSPS) is 11.1. The van der Waals surface area contributed by atoms with E-state index in [4.69, 9.17) is 4.74 Å². The summed E-state index contributed by atoms with van der Waals surface area (Å²) >= 11 is 0. The average molecular weight is 313 g/mol. The molecule has 22 heavy (non-hydrogen) atoms. The molecule has 0 spiro atoms. The molecule has 116 valence electrons. The highest BCUT2D eigenvalue weighted by atomic mass is 19.4. The van der Waals surface area contributed by atoms with Crippen molar-refractivity contribution < 1.29 is 27.1 Å². The van der Waals surface area contributed by atoms with Gasteiger partial charge in [-0.15, -0.1) is 0 Å². The molecule has 0 aliphatic carbocycles. The zero-order valence-electron chi connectivity index (χ0n) is 11.2. The quantitative estimate of drug-likeness (QED) is 0.870. The van der Waals surface area contributed by atoms with Crippen molar-refractivity contribution >= 4 is 11.6 Å². The SMILES string of the molecule is O=C(COc1cccc(F)c1)Nc1cccc(C(F)(F)F)c1. The van der Waals surface area contributed by atoms with Crippen molar-refractivity contribution in [2.24, 2.45) is 0 Å². The topological polar surface area (TPSA) is 38.3 Å². The standard InChI is InChI=1S/C15H11F4NO2/c16-11-4-2-6-13(8-11)22-9-14(21)20-12-5-1-3-10(7-12)15(17,18)19/h1-8H,9H2,(H,20,21). The maximum atomic E-state index is 12.9. The molecule has 0 aliphatic heterocycles. The largest absolute Gasteiger partial charge is 0.484 e. The molecule has 0 bridgehead atoms. The van der Waals surface area contributed by atoms with Crippen LogP contribution in [-0.4, -0.2) is 12.5 Å². The number of carbonyl (C=O) groups excluding carboxylic acids is 1. The first-order valence-electron chi connectivity index (χ1n) is 6.20. The number of anilines is 1. The lowest BCUT2D eigenvalue weighted by Gasteiger charge is -2.10. The lowest BCUT2D eigenvalue weighted by atomic mass is 10.2. The summed E-state index contributed by atoms with van der Waals surface area (Å²) in [4.78, 5) is 11.6. The van der Waals surface area contributed by atoms with Gasteiger partial charge < -0.3 is 10.1 Å². The highest BCUT2D eigenvalue weighted by molar-refractivity contribution is 5.91. The predicted octanol–water partition coefficient (Wildman–Crippen LogP) is 3.86. The Balaban J connectivity index is 1.95. The van der Waals surface area contributed by atoms with Crippen LogP contribution < -0.4 is 10.1 Å². The van der Waals surface area contributed by atoms with E-state index in [1.807, 2.05) is 0 Å². The van der Waals surface area contributed by atoms with Crippen LogP contribution in [0.3, 0.4) is 0 Å². The van der Waals surface area contributed by atoms with Crippen LogP contribution >= 0.6 is 0 Å². The fraction of sp³-hybridized carbons (Fsp3) is 0.133. The molecule has 2 rings (SSSR count). The number of carbonyl (C=O) groups is 1. The van der Waals surface area contributed by atoms with E-state index in [1.54, 1.807) is 0 Å². The summed E-state index contributed by atoms with van der Waals surface area (Å²) < 4.78 is 55.6. The van der Waals surface area contributed by atoms with E-state index >= 15 is 0 Å². The summed E-state index contributed by atoms with van der Waals surface area (Å²) in [7, 11) is 0. The smallest absolute Gasteiger partial charge is 0.416 e. The van der Waals surface area contributed by atoms with Crippen LogP contribution in [0, 0.1) is 5.82 Å². The number of halogens is 4. The van der Waals surface area contributed by atoms with Gasteiger partial charge in [0.05, 0.1) is 5.56 Å². The zero-order chi connectivity index (χ0) is 16.2. The molecule has 0 fully saturated rings. The van der Waals surface area contributed by atoms with Gasteiger partial charge in [0.2, 0.25) is 0 Å². The van der Waals surface area contributed by atoms with E-state index < -0.39 is 30.1 Å². The summed E-state index contributed by atoms with van der Waals surface area (Å²) in [6.45, 7) is -0.445. The number of rotatable bonds is 4. The highest BCUT2D eigenvalue weighted by Crippen LogP contribution is 2.30. The molecular weight excluding hydrogens is 302 g/mol. The fourth-order valence-corrected chi connectivity index (χ4v) is 1.68. The van der Waals surface area contributed by atoms with Crippen LogP contribution in [0.4, 0.5) is 23.2 Å². The first-order valence-corrected chi connectivity index (χ1v) is 6.20. The summed E-state index contributed by atoms with van der Waals surface area (Å²) in [6, 6.07) is 9.42.